The van der Waals surface area contributed by atoms with Gasteiger partial charge in [-0.1, -0.05) is 0 Å². The summed E-state index contributed by atoms with van der Waals surface area (Å²) in [5.74, 6) is -0.988. The zero-order chi connectivity index (χ0) is 22.7. The number of halogens is 3. The lowest BCUT2D eigenvalue weighted by Crippen LogP contribution is -2.40. The van der Waals surface area contributed by atoms with Crippen molar-refractivity contribution < 1.29 is 17.9 Å². The molecule has 2 aliphatic carbocycles. The van der Waals surface area contributed by atoms with Gasteiger partial charge in [0.1, 0.15) is 6.10 Å². The smallest absolute Gasteiger partial charge is 0.370 e. The average Bonchev–Trinajstić information content (AvgIpc) is 3.48. The molecule has 4 heterocycles. The normalized spacial score (nSPS) is 25.9. The number of morpholine rings is 1. The van der Waals surface area contributed by atoms with Crippen molar-refractivity contribution in [3.63, 3.8) is 0 Å². The van der Waals surface area contributed by atoms with Crippen molar-refractivity contribution in [3.8, 4) is 0 Å². The SMILES string of the molecule is Cc1ccc2c(n1)nc(N1CCO[C@@H](c3cnn(C4CC4)c3)C1)nc2[C@H]1C[C@@H](C(F)(F)F)C1. The second-order valence-corrected chi connectivity index (χ2v) is 9.43. The van der Waals surface area contributed by atoms with Crippen molar-refractivity contribution in [1.82, 2.24) is 24.7 Å². The first-order chi connectivity index (χ1) is 15.8. The van der Waals surface area contributed by atoms with Crippen LogP contribution in [0.3, 0.4) is 0 Å². The predicted octanol–water partition coefficient (Wildman–Crippen LogP) is 4.50. The fraction of sp³-hybridized carbons (Fsp3) is 0.565. The minimum Gasteiger partial charge on any atom is -0.370 e. The number of aromatic nitrogens is 5. The van der Waals surface area contributed by atoms with Crippen molar-refractivity contribution in [2.45, 2.75) is 56.8 Å². The Morgan fingerprint density at radius 1 is 1.09 bits per heavy atom. The molecule has 7 nitrogen and oxygen atoms in total. The molecule has 0 unspecified atom stereocenters. The first-order valence-corrected chi connectivity index (χ1v) is 11.5. The standard InChI is InChI=1S/C23H25F3N6O/c1-13-2-5-18-20(14-8-16(9-14)23(24,25)26)29-22(30-21(18)28-13)31-6-7-33-19(12-31)15-10-27-32(11-15)17-3-4-17/h2,5,10-11,14,16-17,19H,3-4,6-9,12H2,1H3/t14-,16+,19-/m1/s1. The fourth-order valence-electron chi connectivity index (χ4n) is 4.77. The third kappa shape index (κ3) is 3.94. The summed E-state index contributed by atoms with van der Waals surface area (Å²) < 4.78 is 47.3. The van der Waals surface area contributed by atoms with Crippen molar-refractivity contribution in [1.29, 1.82) is 0 Å². The molecule has 0 radical (unpaired) electrons. The highest BCUT2D eigenvalue weighted by Crippen LogP contribution is 2.50. The van der Waals surface area contributed by atoms with E-state index in [-0.39, 0.29) is 24.9 Å². The molecule has 0 amide bonds. The first kappa shape index (κ1) is 20.8. The first-order valence-electron chi connectivity index (χ1n) is 11.5. The Balaban J connectivity index is 1.30. The van der Waals surface area contributed by atoms with Crippen LogP contribution in [0.5, 0.6) is 0 Å². The van der Waals surface area contributed by atoms with Gasteiger partial charge in [0, 0.05) is 35.3 Å². The van der Waals surface area contributed by atoms with Crippen LogP contribution in [-0.4, -0.2) is 50.6 Å². The number of fused-ring (bicyclic) bond motifs is 1. The molecule has 1 atom stereocenters. The molecule has 0 spiro atoms. The molecule has 0 aromatic carbocycles. The van der Waals surface area contributed by atoms with Crippen LogP contribution in [0.1, 0.15) is 60.7 Å². The Hall–Kier alpha value is -2.75. The van der Waals surface area contributed by atoms with E-state index in [9.17, 15) is 13.2 Å². The van der Waals surface area contributed by atoms with Gasteiger partial charge in [0.25, 0.3) is 0 Å². The van der Waals surface area contributed by atoms with Gasteiger partial charge in [-0.2, -0.15) is 23.3 Å². The van der Waals surface area contributed by atoms with Crippen molar-refractivity contribution >= 4 is 17.0 Å². The second-order valence-electron chi connectivity index (χ2n) is 9.43. The molecular formula is C23H25F3N6O. The maximum absolute atomic E-state index is 13.1. The average molecular weight is 458 g/mol. The van der Waals surface area contributed by atoms with Gasteiger partial charge in [0.15, 0.2) is 5.65 Å². The molecule has 0 N–H and O–H groups in total. The van der Waals surface area contributed by atoms with Crippen LogP contribution in [0, 0.1) is 12.8 Å². The largest absolute Gasteiger partial charge is 0.391 e. The third-order valence-electron chi connectivity index (χ3n) is 6.97. The van der Waals surface area contributed by atoms with Crippen LogP contribution in [0.2, 0.25) is 0 Å². The van der Waals surface area contributed by atoms with Crippen LogP contribution >= 0.6 is 0 Å². The Labute approximate surface area is 189 Å². The van der Waals surface area contributed by atoms with Gasteiger partial charge in [-0.3, -0.25) is 4.68 Å². The lowest BCUT2D eigenvalue weighted by atomic mass is 9.72. The molecule has 3 fully saturated rings. The lowest BCUT2D eigenvalue weighted by molar-refractivity contribution is -0.197. The monoisotopic (exact) mass is 458 g/mol. The van der Waals surface area contributed by atoms with Gasteiger partial charge in [-0.25, -0.2) is 9.97 Å². The van der Waals surface area contributed by atoms with E-state index in [1.807, 2.05) is 29.9 Å². The van der Waals surface area contributed by atoms with Gasteiger partial charge >= 0.3 is 6.18 Å². The van der Waals surface area contributed by atoms with Crippen LogP contribution in [0.4, 0.5) is 19.1 Å². The van der Waals surface area contributed by atoms with E-state index >= 15 is 0 Å². The van der Waals surface area contributed by atoms with E-state index in [2.05, 4.69) is 21.2 Å². The Bertz CT molecular complexity index is 1180. The summed E-state index contributed by atoms with van der Waals surface area (Å²) in [5, 5.41) is 5.21. The molecule has 3 aromatic rings. The van der Waals surface area contributed by atoms with Gasteiger partial charge in [0.05, 0.1) is 37.0 Å². The van der Waals surface area contributed by atoms with Crippen LogP contribution in [-0.2, 0) is 4.74 Å². The summed E-state index contributed by atoms with van der Waals surface area (Å²) in [6.07, 6.45) is 2.05. The molecule has 2 saturated carbocycles. The van der Waals surface area contributed by atoms with Crippen molar-refractivity contribution in [3.05, 3.63) is 41.5 Å². The van der Waals surface area contributed by atoms with Gasteiger partial charge in [-0.15, -0.1) is 0 Å². The summed E-state index contributed by atoms with van der Waals surface area (Å²) in [6.45, 7) is 3.56. The topological polar surface area (TPSA) is 69.0 Å². The summed E-state index contributed by atoms with van der Waals surface area (Å²) >= 11 is 0. The summed E-state index contributed by atoms with van der Waals surface area (Å²) in [4.78, 5) is 16.1. The number of hydrogen-bond donors (Lipinski definition) is 0. The van der Waals surface area contributed by atoms with Crippen molar-refractivity contribution in [2.75, 3.05) is 24.6 Å². The maximum Gasteiger partial charge on any atom is 0.391 e. The minimum absolute atomic E-state index is 0.0645. The molecule has 33 heavy (non-hydrogen) atoms. The number of rotatable bonds is 4. The van der Waals surface area contributed by atoms with E-state index in [1.54, 1.807) is 0 Å². The zero-order valence-corrected chi connectivity index (χ0v) is 18.3. The number of hydrogen-bond acceptors (Lipinski definition) is 6. The Morgan fingerprint density at radius 2 is 1.91 bits per heavy atom. The number of pyridine rings is 1. The van der Waals surface area contributed by atoms with Crippen molar-refractivity contribution in [2.24, 2.45) is 5.92 Å². The lowest BCUT2D eigenvalue weighted by Gasteiger charge is -2.37. The molecule has 174 valence electrons. The van der Waals surface area contributed by atoms with Crippen LogP contribution in [0.15, 0.2) is 24.5 Å². The highest BCUT2D eigenvalue weighted by atomic mass is 19.4. The molecule has 0 bridgehead atoms. The molecule has 6 rings (SSSR count). The molecule has 3 aromatic heterocycles. The van der Waals surface area contributed by atoms with E-state index in [0.29, 0.717) is 43.0 Å². The van der Waals surface area contributed by atoms with E-state index in [1.165, 1.54) is 0 Å². The van der Waals surface area contributed by atoms with Gasteiger partial charge in [-0.05, 0) is 44.7 Å². The molecule has 10 heteroatoms. The molecule has 1 aliphatic heterocycles. The van der Waals surface area contributed by atoms with E-state index < -0.39 is 12.1 Å². The number of aryl methyl sites for hydroxylation is 1. The molecular weight excluding hydrogens is 433 g/mol. The minimum atomic E-state index is -4.15. The highest BCUT2D eigenvalue weighted by molar-refractivity contribution is 5.79. The number of anilines is 1. The summed E-state index contributed by atoms with van der Waals surface area (Å²) in [5.41, 5.74) is 3.04. The quantitative estimate of drug-likeness (QED) is 0.574. The molecule has 1 saturated heterocycles. The Kier molecular flexibility index (Phi) is 4.83. The fourth-order valence-corrected chi connectivity index (χ4v) is 4.77. The third-order valence-corrected chi connectivity index (χ3v) is 6.97. The van der Waals surface area contributed by atoms with Gasteiger partial charge in [0.2, 0.25) is 5.95 Å². The highest BCUT2D eigenvalue weighted by Gasteiger charge is 2.49. The number of alkyl halides is 3. The van der Waals surface area contributed by atoms with E-state index in [4.69, 9.17) is 14.7 Å². The van der Waals surface area contributed by atoms with E-state index in [0.717, 1.165) is 29.5 Å². The Morgan fingerprint density at radius 3 is 2.67 bits per heavy atom. The summed E-state index contributed by atoms with van der Waals surface area (Å²) in [6, 6.07) is 4.24. The number of nitrogens with zero attached hydrogens (tertiary/aromatic N) is 6. The summed E-state index contributed by atoms with van der Waals surface area (Å²) in [7, 11) is 0. The zero-order valence-electron chi connectivity index (χ0n) is 18.3. The van der Waals surface area contributed by atoms with Gasteiger partial charge < -0.3 is 9.64 Å². The molecule has 3 aliphatic rings. The predicted molar refractivity (Wildman–Crippen MR) is 115 cm³/mol. The van der Waals surface area contributed by atoms with Crippen LogP contribution in [0.25, 0.3) is 11.0 Å². The maximum atomic E-state index is 13.1. The second kappa shape index (κ2) is 7.65. The number of ether oxygens (including phenoxy) is 1. The van der Waals surface area contributed by atoms with Crippen LogP contribution < -0.4 is 4.90 Å².